The molecular weight excluding hydrogens is 344 g/mol. The Hall–Kier alpha value is -3.12. The van der Waals surface area contributed by atoms with E-state index in [4.69, 9.17) is 9.15 Å². The van der Waals surface area contributed by atoms with Crippen molar-refractivity contribution in [1.82, 2.24) is 4.90 Å². The third-order valence-corrected chi connectivity index (χ3v) is 4.61. The van der Waals surface area contributed by atoms with Gasteiger partial charge in [-0.25, -0.2) is 0 Å². The van der Waals surface area contributed by atoms with E-state index in [0.717, 1.165) is 5.56 Å². The van der Waals surface area contributed by atoms with Crippen LogP contribution < -0.4 is 5.32 Å². The Morgan fingerprint density at radius 3 is 2.59 bits per heavy atom. The molecule has 0 bridgehead atoms. The van der Waals surface area contributed by atoms with Crippen LogP contribution in [0.15, 0.2) is 52.9 Å². The van der Waals surface area contributed by atoms with Crippen molar-refractivity contribution < 1.29 is 18.7 Å². The van der Waals surface area contributed by atoms with Gasteiger partial charge in [-0.1, -0.05) is 29.8 Å². The maximum atomic E-state index is 13.0. The number of fused-ring (bicyclic) bond motifs is 1. The molecule has 0 saturated carbocycles. The molecule has 6 nitrogen and oxygen atoms in total. The van der Waals surface area contributed by atoms with Crippen LogP contribution in [0.3, 0.4) is 0 Å². The lowest BCUT2D eigenvalue weighted by Crippen LogP contribution is -2.40. The van der Waals surface area contributed by atoms with Crippen LogP contribution >= 0.6 is 0 Å². The predicted octanol–water partition coefficient (Wildman–Crippen LogP) is 3.47. The Kier molecular flexibility index (Phi) is 4.64. The summed E-state index contributed by atoms with van der Waals surface area (Å²) < 4.78 is 11.1. The number of nitrogens with one attached hydrogen (secondary N) is 1. The van der Waals surface area contributed by atoms with Crippen molar-refractivity contribution in [1.29, 1.82) is 0 Å². The molecule has 0 radical (unpaired) electrons. The number of aryl methyl sites for hydroxylation is 1. The molecule has 0 aliphatic carbocycles. The number of carbonyl (C=O) groups is 2. The minimum absolute atomic E-state index is 0.152. The second kappa shape index (κ2) is 7.25. The van der Waals surface area contributed by atoms with Gasteiger partial charge in [0.15, 0.2) is 0 Å². The van der Waals surface area contributed by atoms with E-state index >= 15 is 0 Å². The van der Waals surface area contributed by atoms with Gasteiger partial charge >= 0.3 is 0 Å². The third-order valence-electron chi connectivity index (χ3n) is 4.61. The normalized spacial score (nSPS) is 14.3. The van der Waals surface area contributed by atoms with Gasteiger partial charge in [-0.2, -0.15) is 0 Å². The first-order valence-corrected chi connectivity index (χ1v) is 8.90. The summed E-state index contributed by atoms with van der Waals surface area (Å²) in [5.74, 6) is -0.366. The quantitative estimate of drug-likeness (QED) is 0.772. The number of nitrogens with zero attached hydrogens (tertiary/aromatic N) is 1. The first-order valence-electron chi connectivity index (χ1n) is 8.90. The summed E-state index contributed by atoms with van der Waals surface area (Å²) in [7, 11) is 0. The standard InChI is InChI=1S/C21H20N2O4/c1-14-5-4-6-15(13-14)20(24)22-18-16-7-2-3-8-17(16)27-19(18)21(25)23-9-11-26-12-10-23/h2-8,13H,9-12H2,1H3,(H,22,24). The number of ether oxygens (including phenoxy) is 1. The monoisotopic (exact) mass is 364 g/mol. The largest absolute Gasteiger partial charge is 0.449 e. The summed E-state index contributed by atoms with van der Waals surface area (Å²) in [4.78, 5) is 27.4. The van der Waals surface area contributed by atoms with Crippen molar-refractivity contribution in [3.63, 3.8) is 0 Å². The van der Waals surface area contributed by atoms with Gasteiger partial charge in [-0.15, -0.1) is 0 Å². The van der Waals surface area contributed by atoms with E-state index in [1.165, 1.54) is 0 Å². The number of carbonyl (C=O) groups excluding carboxylic acids is 2. The van der Waals surface area contributed by atoms with Crippen molar-refractivity contribution in [3.05, 3.63) is 65.4 Å². The Morgan fingerprint density at radius 2 is 1.81 bits per heavy atom. The van der Waals surface area contributed by atoms with Crippen molar-refractivity contribution in [2.75, 3.05) is 31.6 Å². The molecule has 1 fully saturated rings. The lowest BCUT2D eigenvalue weighted by molar-refractivity contribution is 0.0285. The highest BCUT2D eigenvalue weighted by Crippen LogP contribution is 2.32. The highest BCUT2D eigenvalue weighted by atomic mass is 16.5. The summed E-state index contributed by atoms with van der Waals surface area (Å²) in [6.45, 7) is 3.92. The fourth-order valence-electron chi connectivity index (χ4n) is 3.20. The summed E-state index contributed by atoms with van der Waals surface area (Å²) >= 11 is 0. The highest BCUT2D eigenvalue weighted by molar-refractivity contribution is 6.14. The molecule has 2 aromatic carbocycles. The van der Waals surface area contributed by atoms with Crippen LogP contribution in [0.2, 0.25) is 0 Å². The number of hydrogen-bond acceptors (Lipinski definition) is 4. The second-order valence-corrected chi connectivity index (χ2v) is 6.53. The number of hydrogen-bond donors (Lipinski definition) is 1. The zero-order valence-corrected chi connectivity index (χ0v) is 15.0. The molecule has 2 amide bonds. The van der Waals surface area contributed by atoms with E-state index in [-0.39, 0.29) is 17.6 Å². The van der Waals surface area contributed by atoms with E-state index in [1.807, 2.05) is 37.3 Å². The van der Waals surface area contributed by atoms with Crippen molar-refractivity contribution in [2.45, 2.75) is 6.92 Å². The number of amides is 2. The Bertz CT molecular complexity index is 1000. The highest BCUT2D eigenvalue weighted by Gasteiger charge is 2.27. The van der Waals surface area contributed by atoms with Crippen LogP contribution in [0.5, 0.6) is 0 Å². The molecule has 0 unspecified atom stereocenters. The van der Waals surface area contributed by atoms with Crippen LogP contribution in [0.4, 0.5) is 5.69 Å². The average Bonchev–Trinajstić information content (AvgIpc) is 3.06. The molecule has 0 atom stereocenters. The zero-order valence-electron chi connectivity index (χ0n) is 15.0. The smallest absolute Gasteiger partial charge is 0.291 e. The molecule has 4 rings (SSSR count). The molecule has 1 saturated heterocycles. The second-order valence-electron chi connectivity index (χ2n) is 6.53. The Balaban J connectivity index is 1.72. The average molecular weight is 364 g/mol. The summed E-state index contributed by atoms with van der Waals surface area (Å²) in [5, 5.41) is 3.59. The van der Waals surface area contributed by atoms with Gasteiger partial charge in [-0.05, 0) is 31.2 Å². The van der Waals surface area contributed by atoms with Gasteiger partial charge < -0.3 is 19.4 Å². The molecule has 3 aromatic rings. The Labute approximate surface area is 156 Å². The zero-order chi connectivity index (χ0) is 18.8. The first-order chi connectivity index (χ1) is 13.1. The van der Waals surface area contributed by atoms with Crippen molar-refractivity contribution >= 4 is 28.5 Å². The van der Waals surface area contributed by atoms with Gasteiger partial charge in [0.05, 0.1) is 13.2 Å². The number of para-hydroxylation sites is 1. The van der Waals surface area contributed by atoms with E-state index in [2.05, 4.69) is 5.32 Å². The molecular formula is C21H20N2O4. The van der Waals surface area contributed by atoms with Crippen LogP contribution in [-0.4, -0.2) is 43.0 Å². The van der Waals surface area contributed by atoms with Crippen LogP contribution in [-0.2, 0) is 4.74 Å². The van der Waals surface area contributed by atoms with Gasteiger partial charge in [0.25, 0.3) is 11.8 Å². The number of morpholine rings is 1. The molecule has 1 N–H and O–H groups in total. The summed E-state index contributed by atoms with van der Waals surface area (Å²) in [6, 6.07) is 14.6. The third kappa shape index (κ3) is 3.44. The number of benzene rings is 2. The molecule has 1 aliphatic rings. The van der Waals surface area contributed by atoms with Gasteiger partial charge in [0.2, 0.25) is 5.76 Å². The van der Waals surface area contributed by atoms with Crippen LogP contribution in [0.1, 0.15) is 26.5 Å². The maximum Gasteiger partial charge on any atom is 0.291 e. The summed E-state index contributed by atoms with van der Waals surface area (Å²) in [5.41, 5.74) is 2.50. The fraction of sp³-hybridized carbons (Fsp3) is 0.238. The number of furan rings is 1. The summed E-state index contributed by atoms with van der Waals surface area (Å²) in [6.07, 6.45) is 0. The molecule has 1 aromatic heterocycles. The fourth-order valence-corrected chi connectivity index (χ4v) is 3.20. The molecule has 27 heavy (non-hydrogen) atoms. The van der Waals surface area contributed by atoms with E-state index < -0.39 is 0 Å². The maximum absolute atomic E-state index is 13.0. The van der Waals surface area contributed by atoms with Crippen molar-refractivity contribution in [3.8, 4) is 0 Å². The van der Waals surface area contributed by atoms with Crippen LogP contribution in [0, 0.1) is 6.92 Å². The predicted molar refractivity (Wildman–Crippen MR) is 102 cm³/mol. The minimum Gasteiger partial charge on any atom is -0.449 e. The van der Waals surface area contributed by atoms with Gasteiger partial charge in [0, 0.05) is 24.0 Å². The van der Waals surface area contributed by atoms with Gasteiger partial charge in [0.1, 0.15) is 11.3 Å². The van der Waals surface area contributed by atoms with Crippen LogP contribution in [0.25, 0.3) is 11.0 Å². The molecule has 0 spiro atoms. The Morgan fingerprint density at radius 1 is 1.04 bits per heavy atom. The number of rotatable bonds is 3. The van der Waals surface area contributed by atoms with E-state index in [9.17, 15) is 9.59 Å². The van der Waals surface area contributed by atoms with E-state index in [1.54, 1.807) is 23.1 Å². The van der Waals surface area contributed by atoms with Crippen molar-refractivity contribution in [2.24, 2.45) is 0 Å². The SMILES string of the molecule is Cc1cccc(C(=O)Nc2c(C(=O)N3CCOCC3)oc3ccccc23)c1. The molecule has 1 aliphatic heterocycles. The van der Waals surface area contributed by atoms with E-state index in [0.29, 0.717) is 48.5 Å². The molecule has 2 heterocycles. The lowest BCUT2D eigenvalue weighted by atomic mass is 10.1. The van der Waals surface area contributed by atoms with Gasteiger partial charge in [-0.3, -0.25) is 9.59 Å². The lowest BCUT2D eigenvalue weighted by Gasteiger charge is -2.26. The molecule has 138 valence electrons. The minimum atomic E-state index is -0.277. The first kappa shape index (κ1) is 17.3. The topological polar surface area (TPSA) is 71.8 Å². The molecule has 6 heteroatoms. The number of anilines is 1.